The average Bonchev–Trinajstić information content (AvgIpc) is 2.87. The lowest BCUT2D eigenvalue weighted by Crippen LogP contribution is -2.05. The smallest absolute Gasteiger partial charge is 0.338 e. The second-order valence-electron chi connectivity index (χ2n) is 7.35. The summed E-state index contributed by atoms with van der Waals surface area (Å²) in [5, 5.41) is 10.5. The number of aliphatic hydroxyl groups excluding tert-OH is 1. The van der Waals surface area contributed by atoms with Crippen molar-refractivity contribution in [2.24, 2.45) is 0 Å². The molecule has 0 aliphatic carbocycles. The molecule has 4 rings (SSSR count). The molecular weight excluding hydrogens is 434 g/mol. The fourth-order valence-corrected chi connectivity index (χ4v) is 3.53. The zero-order valence-corrected chi connectivity index (χ0v) is 19.3. The monoisotopic (exact) mass is 459 g/mol. The van der Waals surface area contributed by atoms with E-state index in [2.05, 4.69) is 16.3 Å². The number of hydrogen-bond donors (Lipinski definition) is 1. The number of aryl methyl sites for hydroxylation is 1. The Kier molecular flexibility index (Phi) is 8.76. The van der Waals surface area contributed by atoms with E-state index in [4.69, 9.17) is 16.7 Å². The van der Waals surface area contributed by atoms with Crippen LogP contribution in [0.1, 0.15) is 33.6 Å². The zero-order chi connectivity index (χ0) is 23.6. The van der Waals surface area contributed by atoms with E-state index in [9.17, 15) is 4.79 Å². The minimum Gasteiger partial charge on any atom is -0.465 e. The first-order valence-electron chi connectivity index (χ1n) is 10.6. The first-order chi connectivity index (χ1) is 16.0. The summed E-state index contributed by atoms with van der Waals surface area (Å²) >= 11 is 6.01. The molecule has 0 spiro atoms. The van der Waals surface area contributed by atoms with Crippen LogP contribution in [-0.4, -0.2) is 29.8 Å². The van der Waals surface area contributed by atoms with Crippen LogP contribution in [0.5, 0.6) is 0 Å². The second-order valence-corrected chi connectivity index (χ2v) is 7.79. The lowest BCUT2D eigenvalue weighted by molar-refractivity contribution is 0.0599. The van der Waals surface area contributed by atoms with Crippen LogP contribution in [0, 0.1) is 0 Å². The molecule has 4 nitrogen and oxygen atoms in total. The Morgan fingerprint density at radius 2 is 1.70 bits per heavy atom. The summed E-state index contributed by atoms with van der Waals surface area (Å²) in [6.07, 6.45) is 1.36. The van der Waals surface area contributed by atoms with Crippen LogP contribution in [-0.2, 0) is 11.2 Å². The predicted octanol–water partition coefficient (Wildman–Crippen LogP) is 6.35. The van der Waals surface area contributed by atoms with Gasteiger partial charge in [-0.05, 0) is 48.2 Å². The van der Waals surface area contributed by atoms with Crippen LogP contribution >= 0.6 is 11.6 Å². The molecule has 0 radical (unpaired) electrons. The number of fused-ring (bicyclic) bond motifs is 1. The molecule has 0 aliphatic rings. The third-order valence-electron chi connectivity index (χ3n) is 5.11. The van der Waals surface area contributed by atoms with E-state index in [-0.39, 0.29) is 12.6 Å². The Morgan fingerprint density at radius 1 is 1.00 bits per heavy atom. The van der Waals surface area contributed by atoms with Crippen LogP contribution in [0.25, 0.3) is 16.5 Å². The Balaban J connectivity index is 0.000000196. The summed E-state index contributed by atoms with van der Waals surface area (Å²) in [7, 11) is 1.37. The van der Waals surface area contributed by atoms with E-state index in [0.717, 1.165) is 33.3 Å². The maximum absolute atomic E-state index is 11.3. The maximum atomic E-state index is 11.3. The number of aliphatic hydroxyl groups is 1. The Labute approximate surface area is 199 Å². The summed E-state index contributed by atoms with van der Waals surface area (Å²) in [5.41, 5.74) is 5.28. The molecule has 0 bridgehead atoms. The highest BCUT2D eigenvalue weighted by Crippen LogP contribution is 2.24. The van der Waals surface area contributed by atoms with Gasteiger partial charge >= 0.3 is 5.97 Å². The highest BCUT2D eigenvalue weighted by molar-refractivity contribution is 6.31. The Hall–Kier alpha value is -3.47. The third-order valence-corrected chi connectivity index (χ3v) is 5.35. The highest BCUT2D eigenvalue weighted by atomic mass is 35.5. The van der Waals surface area contributed by atoms with Crippen molar-refractivity contribution in [2.75, 3.05) is 13.7 Å². The van der Waals surface area contributed by atoms with Crippen molar-refractivity contribution < 1.29 is 14.6 Å². The molecule has 0 atom stereocenters. The number of rotatable bonds is 6. The number of carbonyl (C=O) groups excluding carboxylic acids is 1. The van der Waals surface area contributed by atoms with Gasteiger partial charge in [0.05, 0.1) is 23.9 Å². The van der Waals surface area contributed by atoms with E-state index < -0.39 is 0 Å². The summed E-state index contributed by atoms with van der Waals surface area (Å²) in [6, 6.07) is 27.1. The van der Waals surface area contributed by atoms with Gasteiger partial charge in [0.25, 0.3) is 0 Å². The van der Waals surface area contributed by atoms with Crippen LogP contribution in [0.3, 0.4) is 0 Å². The zero-order valence-electron chi connectivity index (χ0n) is 18.5. The summed E-state index contributed by atoms with van der Waals surface area (Å²) < 4.78 is 4.66. The quantitative estimate of drug-likeness (QED) is 0.341. The van der Waals surface area contributed by atoms with E-state index in [0.29, 0.717) is 23.4 Å². The molecule has 5 heteroatoms. The Bertz CT molecular complexity index is 1240. The minimum absolute atomic E-state index is 0.134. The number of carbonyl (C=O) groups is 1. The normalized spacial score (nSPS) is 10.3. The minimum atomic E-state index is -0.321. The largest absolute Gasteiger partial charge is 0.465 e. The SMILES string of the molecule is C=C(c1ccccc1)c1ccc2ccc(Cl)cc2n1.COC(=O)c1ccccc1CCCO. The molecule has 4 aromatic rings. The van der Waals surface area contributed by atoms with Gasteiger partial charge in [0.1, 0.15) is 0 Å². The molecule has 0 fully saturated rings. The summed E-state index contributed by atoms with van der Waals surface area (Å²) in [6.45, 7) is 4.26. The van der Waals surface area contributed by atoms with Gasteiger partial charge < -0.3 is 9.84 Å². The number of ether oxygens (including phenoxy) is 1. The number of benzene rings is 3. The maximum Gasteiger partial charge on any atom is 0.338 e. The number of nitrogens with zero attached hydrogens (tertiary/aromatic N) is 1. The predicted molar refractivity (Wildman–Crippen MR) is 135 cm³/mol. The van der Waals surface area contributed by atoms with Gasteiger partial charge in [0.2, 0.25) is 0 Å². The number of methoxy groups -OCH3 is 1. The number of halogens is 1. The molecule has 0 amide bonds. The van der Waals surface area contributed by atoms with Gasteiger partial charge in [0.15, 0.2) is 0 Å². The molecule has 1 aromatic heterocycles. The van der Waals surface area contributed by atoms with Gasteiger partial charge in [-0.25, -0.2) is 9.78 Å². The van der Waals surface area contributed by atoms with Gasteiger partial charge in [0, 0.05) is 22.6 Å². The van der Waals surface area contributed by atoms with Crippen LogP contribution in [0.4, 0.5) is 0 Å². The van der Waals surface area contributed by atoms with Crippen molar-refractivity contribution in [3.05, 3.63) is 119 Å². The van der Waals surface area contributed by atoms with E-state index in [1.165, 1.54) is 7.11 Å². The third kappa shape index (κ3) is 6.51. The molecule has 33 heavy (non-hydrogen) atoms. The lowest BCUT2D eigenvalue weighted by atomic mass is 10.0. The Morgan fingerprint density at radius 3 is 2.42 bits per heavy atom. The van der Waals surface area contributed by atoms with Crippen LogP contribution in [0.15, 0.2) is 91.5 Å². The number of esters is 1. The molecule has 1 N–H and O–H groups in total. The van der Waals surface area contributed by atoms with Crippen LogP contribution in [0.2, 0.25) is 5.02 Å². The molecule has 0 saturated carbocycles. The average molecular weight is 460 g/mol. The van der Waals surface area contributed by atoms with E-state index >= 15 is 0 Å². The van der Waals surface area contributed by atoms with Crippen molar-refractivity contribution in [2.45, 2.75) is 12.8 Å². The molecular formula is C28H26ClNO3. The van der Waals surface area contributed by atoms with E-state index in [1.807, 2.05) is 72.8 Å². The number of pyridine rings is 1. The first kappa shape index (κ1) is 24.2. The van der Waals surface area contributed by atoms with Crippen molar-refractivity contribution in [1.29, 1.82) is 0 Å². The molecule has 0 unspecified atom stereocenters. The number of hydrogen-bond acceptors (Lipinski definition) is 4. The van der Waals surface area contributed by atoms with Gasteiger partial charge in [-0.1, -0.05) is 78.8 Å². The summed E-state index contributed by atoms with van der Waals surface area (Å²) in [4.78, 5) is 15.9. The highest BCUT2D eigenvalue weighted by Gasteiger charge is 2.09. The fraction of sp³-hybridized carbons (Fsp3) is 0.143. The second kappa shape index (κ2) is 12.0. The standard InChI is InChI=1S/C17H12ClN.C11H14O3/c1-12(13-5-3-2-4-6-13)16-10-8-14-7-9-15(18)11-17(14)19-16;1-14-11(13)10-7-3-2-5-9(10)6-4-8-12/h2-11H,1H2;2-3,5,7,12H,4,6,8H2,1H3. The van der Waals surface area contributed by atoms with Crippen molar-refractivity contribution in [3.8, 4) is 0 Å². The lowest BCUT2D eigenvalue weighted by Gasteiger charge is -2.07. The van der Waals surface area contributed by atoms with Crippen LogP contribution < -0.4 is 0 Å². The summed E-state index contributed by atoms with van der Waals surface area (Å²) in [5.74, 6) is -0.321. The van der Waals surface area contributed by atoms with Crippen molar-refractivity contribution in [1.82, 2.24) is 4.98 Å². The van der Waals surface area contributed by atoms with Crippen molar-refractivity contribution in [3.63, 3.8) is 0 Å². The van der Waals surface area contributed by atoms with Gasteiger partial charge in [-0.2, -0.15) is 0 Å². The fourth-order valence-electron chi connectivity index (χ4n) is 3.36. The van der Waals surface area contributed by atoms with Gasteiger partial charge in [-0.15, -0.1) is 0 Å². The molecule has 168 valence electrons. The molecule has 0 aliphatic heterocycles. The van der Waals surface area contributed by atoms with E-state index in [1.54, 1.807) is 12.1 Å². The topological polar surface area (TPSA) is 59.4 Å². The van der Waals surface area contributed by atoms with Gasteiger partial charge in [-0.3, -0.25) is 0 Å². The molecule has 0 saturated heterocycles. The molecule has 3 aromatic carbocycles. The van der Waals surface area contributed by atoms with Crippen molar-refractivity contribution >= 4 is 34.0 Å². The first-order valence-corrected chi connectivity index (χ1v) is 11.0. The number of aromatic nitrogens is 1. The molecule has 1 heterocycles.